The third-order valence-corrected chi connectivity index (χ3v) is 1.94. The lowest BCUT2D eigenvalue weighted by atomic mass is 10.0. The maximum Gasteiger partial charge on any atom is 0.335 e. The molecule has 0 aromatic heterocycles. The van der Waals surface area contributed by atoms with Crippen molar-refractivity contribution in [3.8, 4) is 6.07 Å². The van der Waals surface area contributed by atoms with E-state index in [9.17, 15) is 4.79 Å². The Labute approximate surface area is 82.6 Å². The number of nitrogens with zero attached hydrogens (tertiary/aromatic N) is 1. The summed E-state index contributed by atoms with van der Waals surface area (Å²) in [4.78, 5) is 10.6. The van der Waals surface area contributed by atoms with Crippen molar-refractivity contribution in [2.24, 2.45) is 5.92 Å². The summed E-state index contributed by atoms with van der Waals surface area (Å²) in [5.74, 6) is -1.02. The number of hydrogen-bond acceptors (Lipinski definition) is 2. The smallest absolute Gasteiger partial charge is 0.335 e. The van der Waals surface area contributed by atoms with E-state index < -0.39 is 5.97 Å². The van der Waals surface area contributed by atoms with E-state index in [1.54, 1.807) is 18.2 Å². The van der Waals surface area contributed by atoms with Crippen LogP contribution in [0.5, 0.6) is 0 Å². The first-order valence-corrected chi connectivity index (χ1v) is 4.35. The third kappa shape index (κ3) is 2.60. The van der Waals surface area contributed by atoms with E-state index in [1.807, 2.05) is 13.0 Å². The van der Waals surface area contributed by atoms with Crippen molar-refractivity contribution < 1.29 is 9.90 Å². The van der Waals surface area contributed by atoms with E-state index in [1.165, 1.54) is 0 Å². The second-order valence-corrected chi connectivity index (χ2v) is 3.24. The average molecular weight is 189 g/mol. The fraction of sp³-hybridized carbons (Fsp3) is 0.273. The molecular formula is C11H11NO2. The van der Waals surface area contributed by atoms with Gasteiger partial charge in [0.2, 0.25) is 0 Å². The molecule has 0 fully saturated rings. The molecule has 0 aliphatic rings. The van der Waals surface area contributed by atoms with Crippen LogP contribution in [-0.4, -0.2) is 11.1 Å². The van der Waals surface area contributed by atoms with Crippen LogP contribution in [0.25, 0.3) is 0 Å². The molecule has 0 saturated heterocycles. The lowest BCUT2D eigenvalue weighted by Crippen LogP contribution is -2.00. The summed E-state index contributed by atoms with van der Waals surface area (Å²) in [6.07, 6.45) is 0.595. The number of carboxylic acids is 1. The molecule has 14 heavy (non-hydrogen) atoms. The molecule has 0 heterocycles. The molecule has 0 aliphatic heterocycles. The highest BCUT2D eigenvalue weighted by atomic mass is 16.4. The lowest BCUT2D eigenvalue weighted by Gasteiger charge is -2.03. The summed E-state index contributed by atoms with van der Waals surface area (Å²) in [6.45, 7) is 1.81. The SMILES string of the molecule is CC(C#N)Cc1cccc(C(=O)O)c1. The second-order valence-electron chi connectivity index (χ2n) is 3.24. The predicted molar refractivity (Wildman–Crippen MR) is 51.9 cm³/mol. The van der Waals surface area contributed by atoms with Crippen LogP contribution in [0.4, 0.5) is 0 Å². The maximum absolute atomic E-state index is 10.6. The minimum absolute atomic E-state index is 0.0842. The minimum atomic E-state index is -0.934. The van der Waals surface area contributed by atoms with Crippen molar-refractivity contribution in [1.29, 1.82) is 5.26 Å². The van der Waals surface area contributed by atoms with Gasteiger partial charge < -0.3 is 5.11 Å². The van der Waals surface area contributed by atoms with E-state index in [-0.39, 0.29) is 11.5 Å². The Morgan fingerprint density at radius 3 is 2.93 bits per heavy atom. The summed E-state index contributed by atoms with van der Waals surface area (Å²) in [5, 5.41) is 17.3. The molecule has 0 amide bonds. The number of aromatic carboxylic acids is 1. The molecule has 0 spiro atoms. The first kappa shape index (κ1) is 10.3. The maximum atomic E-state index is 10.6. The number of carboxylic acid groups (broad SMARTS) is 1. The largest absolute Gasteiger partial charge is 0.478 e. The predicted octanol–water partition coefficient (Wildman–Crippen LogP) is 2.09. The molecule has 1 N–H and O–H groups in total. The molecule has 1 aromatic carbocycles. The van der Waals surface area contributed by atoms with Crippen molar-refractivity contribution in [3.05, 3.63) is 35.4 Å². The number of hydrogen-bond donors (Lipinski definition) is 1. The van der Waals surface area contributed by atoms with Gasteiger partial charge in [0.25, 0.3) is 0 Å². The summed E-state index contributed by atoms with van der Waals surface area (Å²) in [7, 11) is 0. The zero-order valence-corrected chi connectivity index (χ0v) is 7.90. The van der Waals surface area contributed by atoms with Crippen LogP contribution in [-0.2, 0) is 6.42 Å². The van der Waals surface area contributed by atoms with Gasteiger partial charge in [-0.3, -0.25) is 0 Å². The first-order chi connectivity index (χ1) is 6.63. The van der Waals surface area contributed by atoms with Crippen LogP contribution in [0, 0.1) is 17.2 Å². The van der Waals surface area contributed by atoms with E-state index in [4.69, 9.17) is 10.4 Å². The van der Waals surface area contributed by atoms with Gasteiger partial charge >= 0.3 is 5.97 Å². The van der Waals surface area contributed by atoms with Crippen LogP contribution >= 0.6 is 0 Å². The van der Waals surface area contributed by atoms with Crippen LogP contribution in [0.15, 0.2) is 24.3 Å². The Kier molecular flexibility index (Phi) is 3.24. The minimum Gasteiger partial charge on any atom is -0.478 e. The Balaban J connectivity index is 2.85. The number of benzene rings is 1. The summed E-state index contributed by atoms with van der Waals surface area (Å²) < 4.78 is 0. The Morgan fingerprint density at radius 2 is 2.36 bits per heavy atom. The third-order valence-electron chi connectivity index (χ3n) is 1.94. The van der Waals surface area contributed by atoms with Gasteiger partial charge in [0.15, 0.2) is 0 Å². The molecule has 0 saturated carbocycles. The van der Waals surface area contributed by atoms with Crippen molar-refractivity contribution in [2.45, 2.75) is 13.3 Å². The fourth-order valence-corrected chi connectivity index (χ4v) is 1.23. The second kappa shape index (κ2) is 4.43. The normalized spacial score (nSPS) is 11.7. The van der Waals surface area contributed by atoms with E-state index >= 15 is 0 Å². The van der Waals surface area contributed by atoms with Gasteiger partial charge in [0.05, 0.1) is 11.6 Å². The number of carbonyl (C=O) groups is 1. The van der Waals surface area contributed by atoms with Crippen molar-refractivity contribution in [2.75, 3.05) is 0 Å². The monoisotopic (exact) mass is 189 g/mol. The van der Waals surface area contributed by atoms with E-state index in [2.05, 4.69) is 6.07 Å². The zero-order valence-electron chi connectivity index (χ0n) is 7.90. The van der Waals surface area contributed by atoms with Crippen molar-refractivity contribution in [3.63, 3.8) is 0 Å². The standard InChI is InChI=1S/C11H11NO2/c1-8(7-12)5-9-3-2-4-10(6-9)11(13)14/h2-4,6,8H,5H2,1H3,(H,13,14). The average Bonchev–Trinajstić information content (AvgIpc) is 2.18. The topological polar surface area (TPSA) is 61.1 Å². The van der Waals surface area contributed by atoms with Crippen LogP contribution in [0.3, 0.4) is 0 Å². The zero-order chi connectivity index (χ0) is 10.6. The molecule has 1 rings (SSSR count). The lowest BCUT2D eigenvalue weighted by molar-refractivity contribution is 0.0696. The molecule has 3 heteroatoms. The molecule has 3 nitrogen and oxygen atoms in total. The molecule has 0 radical (unpaired) electrons. The molecule has 72 valence electrons. The molecule has 0 aliphatic carbocycles. The molecule has 1 aromatic rings. The Hall–Kier alpha value is -1.82. The van der Waals surface area contributed by atoms with Gasteiger partial charge in [-0.15, -0.1) is 0 Å². The molecular weight excluding hydrogens is 178 g/mol. The highest BCUT2D eigenvalue weighted by Gasteiger charge is 2.05. The molecule has 1 unspecified atom stereocenters. The Bertz CT molecular complexity index is 379. The van der Waals surface area contributed by atoms with Crippen LogP contribution in [0.2, 0.25) is 0 Å². The highest BCUT2D eigenvalue weighted by Crippen LogP contribution is 2.10. The summed E-state index contributed by atoms with van der Waals surface area (Å²) >= 11 is 0. The Morgan fingerprint density at radius 1 is 1.64 bits per heavy atom. The van der Waals surface area contributed by atoms with Gasteiger partial charge in [-0.05, 0) is 31.0 Å². The van der Waals surface area contributed by atoms with Gasteiger partial charge in [-0.2, -0.15) is 5.26 Å². The van der Waals surface area contributed by atoms with Gasteiger partial charge in [-0.25, -0.2) is 4.79 Å². The number of nitriles is 1. The molecule has 0 bridgehead atoms. The number of rotatable bonds is 3. The van der Waals surface area contributed by atoms with Gasteiger partial charge in [0.1, 0.15) is 0 Å². The molecule has 1 atom stereocenters. The van der Waals surface area contributed by atoms with Crippen LogP contribution in [0.1, 0.15) is 22.8 Å². The van der Waals surface area contributed by atoms with Crippen molar-refractivity contribution in [1.82, 2.24) is 0 Å². The van der Waals surface area contributed by atoms with Gasteiger partial charge in [-0.1, -0.05) is 12.1 Å². The van der Waals surface area contributed by atoms with E-state index in [0.717, 1.165) is 5.56 Å². The first-order valence-electron chi connectivity index (χ1n) is 4.35. The summed E-state index contributed by atoms with van der Waals surface area (Å²) in [5.41, 5.74) is 1.16. The van der Waals surface area contributed by atoms with Gasteiger partial charge in [0, 0.05) is 5.92 Å². The summed E-state index contributed by atoms with van der Waals surface area (Å²) in [6, 6.07) is 8.80. The quantitative estimate of drug-likeness (QED) is 0.791. The van der Waals surface area contributed by atoms with Crippen LogP contribution < -0.4 is 0 Å². The van der Waals surface area contributed by atoms with E-state index in [0.29, 0.717) is 6.42 Å². The fourth-order valence-electron chi connectivity index (χ4n) is 1.23. The van der Waals surface area contributed by atoms with Crippen molar-refractivity contribution >= 4 is 5.97 Å². The highest BCUT2D eigenvalue weighted by molar-refractivity contribution is 5.87.